The van der Waals surface area contributed by atoms with Crippen molar-refractivity contribution in [1.82, 2.24) is 9.97 Å². The standard InChI is InChI=1S/C13H22BrN3O/c1-5-15-13-12(14)10(8-18-4)16-11(17-13)7-6-9(2)3/h9H,5-8H2,1-4H3,(H,15,16,17). The SMILES string of the molecule is CCNc1nc(CCC(C)C)nc(COC)c1Br. The summed E-state index contributed by atoms with van der Waals surface area (Å²) in [7, 11) is 1.68. The van der Waals surface area contributed by atoms with E-state index in [2.05, 4.69) is 52.0 Å². The maximum atomic E-state index is 5.17. The summed E-state index contributed by atoms with van der Waals surface area (Å²) in [6.45, 7) is 7.81. The van der Waals surface area contributed by atoms with Crippen LogP contribution in [0.1, 0.15) is 38.7 Å². The zero-order chi connectivity index (χ0) is 13.5. The number of anilines is 1. The summed E-state index contributed by atoms with van der Waals surface area (Å²) in [5.41, 5.74) is 0.905. The summed E-state index contributed by atoms with van der Waals surface area (Å²) in [6, 6.07) is 0. The predicted molar refractivity (Wildman–Crippen MR) is 77.8 cm³/mol. The van der Waals surface area contributed by atoms with E-state index >= 15 is 0 Å². The van der Waals surface area contributed by atoms with E-state index in [0.717, 1.165) is 41.2 Å². The summed E-state index contributed by atoms with van der Waals surface area (Å²) in [5.74, 6) is 2.40. The Bertz CT molecular complexity index is 355. The third-order valence-electron chi connectivity index (χ3n) is 2.54. The lowest BCUT2D eigenvalue weighted by Crippen LogP contribution is -2.09. The molecular weight excluding hydrogens is 294 g/mol. The van der Waals surface area contributed by atoms with E-state index in [1.165, 1.54) is 0 Å². The maximum Gasteiger partial charge on any atom is 0.144 e. The van der Waals surface area contributed by atoms with E-state index in [1.807, 2.05) is 0 Å². The normalized spacial score (nSPS) is 11.0. The van der Waals surface area contributed by atoms with Gasteiger partial charge in [0.25, 0.3) is 0 Å². The Morgan fingerprint density at radius 2 is 2.06 bits per heavy atom. The molecule has 0 aliphatic heterocycles. The van der Waals surface area contributed by atoms with Gasteiger partial charge >= 0.3 is 0 Å². The minimum Gasteiger partial charge on any atom is -0.378 e. The molecule has 0 aromatic carbocycles. The quantitative estimate of drug-likeness (QED) is 0.837. The largest absolute Gasteiger partial charge is 0.378 e. The molecule has 0 bridgehead atoms. The molecule has 102 valence electrons. The topological polar surface area (TPSA) is 47.0 Å². The summed E-state index contributed by atoms with van der Waals surface area (Å²) in [4.78, 5) is 9.11. The smallest absolute Gasteiger partial charge is 0.144 e. The average Bonchev–Trinajstić information content (AvgIpc) is 2.32. The van der Waals surface area contributed by atoms with Crippen molar-refractivity contribution < 1.29 is 4.74 Å². The van der Waals surface area contributed by atoms with Gasteiger partial charge in [0.15, 0.2) is 0 Å². The van der Waals surface area contributed by atoms with Crippen molar-refractivity contribution >= 4 is 21.7 Å². The Balaban J connectivity index is 2.95. The number of hydrogen-bond donors (Lipinski definition) is 1. The molecule has 1 rings (SSSR count). The van der Waals surface area contributed by atoms with Gasteiger partial charge in [0, 0.05) is 20.1 Å². The highest BCUT2D eigenvalue weighted by molar-refractivity contribution is 9.10. The Morgan fingerprint density at radius 3 is 2.61 bits per heavy atom. The highest BCUT2D eigenvalue weighted by Crippen LogP contribution is 2.24. The molecule has 0 fully saturated rings. The van der Waals surface area contributed by atoms with Crippen LogP contribution in [0.3, 0.4) is 0 Å². The van der Waals surface area contributed by atoms with Gasteiger partial charge in [-0.05, 0) is 35.2 Å². The minimum absolute atomic E-state index is 0.496. The maximum absolute atomic E-state index is 5.17. The van der Waals surface area contributed by atoms with Crippen molar-refractivity contribution in [2.75, 3.05) is 19.0 Å². The molecule has 0 aliphatic rings. The van der Waals surface area contributed by atoms with Crippen LogP contribution in [0.4, 0.5) is 5.82 Å². The van der Waals surface area contributed by atoms with E-state index in [9.17, 15) is 0 Å². The van der Waals surface area contributed by atoms with Crippen LogP contribution in [0.2, 0.25) is 0 Å². The van der Waals surface area contributed by atoms with Crippen LogP contribution in [0.5, 0.6) is 0 Å². The number of nitrogens with one attached hydrogen (secondary N) is 1. The van der Waals surface area contributed by atoms with Gasteiger partial charge in [-0.25, -0.2) is 9.97 Å². The second kappa shape index (κ2) is 7.69. The summed E-state index contributed by atoms with van der Waals surface area (Å²) >= 11 is 3.53. The number of hydrogen-bond acceptors (Lipinski definition) is 4. The second-order valence-electron chi connectivity index (χ2n) is 4.64. The van der Waals surface area contributed by atoms with Crippen LogP contribution in [-0.4, -0.2) is 23.6 Å². The number of ether oxygens (including phenoxy) is 1. The molecule has 0 unspecified atom stereocenters. The van der Waals surface area contributed by atoms with E-state index in [1.54, 1.807) is 7.11 Å². The fourth-order valence-corrected chi connectivity index (χ4v) is 2.02. The monoisotopic (exact) mass is 315 g/mol. The summed E-state index contributed by atoms with van der Waals surface area (Å²) in [5, 5.41) is 3.25. The number of nitrogens with zero attached hydrogens (tertiary/aromatic N) is 2. The molecule has 1 heterocycles. The molecule has 0 radical (unpaired) electrons. The third-order valence-corrected chi connectivity index (χ3v) is 3.37. The van der Waals surface area contributed by atoms with Crippen molar-refractivity contribution in [3.63, 3.8) is 0 Å². The molecule has 0 saturated heterocycles. The first-order valence-corrected chi connectivity index (χ1v) is 7.15. The fraction of sp³-hybridized carbons (Fsp3) is 0.692. The number of rotatable bonds is 7. The van der Waals surface area contributed by atoms with Crippen molar-refractivity contribution in [2.45, 2.75) is 40.2 Å². The van der Waals surface area contributed by atoms with Gasteiger partial charge in [-0.3, -0.25) is 0 Å². The molecule has 18 heavy (non-hydrogen) atoms. The Labute approximate surface area is 118 Å². The van der Waals surface area contributed by atoms with E-state index in [0.29, 0.717) is 12.5 Å². The van der Waals surface area contributed by atoms with Gasteiger partial charge in [-0.1, -0.05) is 13.8 Å². The number of halogens is 1. The summed E-state index contributed by atoms with van der Waals surface area (Å²) < 4.78 is 6.08. The lowest BCUT2D eigenvalue weighted by molar-refractivity contribution is 0.180. The first kappa shape index (κ1) is 15.4. The highest BCUT2D eigenvalue weighted by atomic mass is 79.9. The first-order valence-electron chi connectivity index (χ1n) is 6.36. The first-order chi connectivity index (χ1) is 8.58. The van der Waals surface area contributed by atoms with Gasteiger partial charge in [0.1, 0.15) is 11.6 Å². The van der Waals surface area contributed by atoms with Crippen LogP contribution in [0, 0.1) is 5.92 Å². The molecule has 0 atom stereocenters. The lowest BCUT2D eigenvalue weighted by Gasteiger charge is -2.12. The van der Waals surface area contributed by atoms with Crippen molar-refractivity contribution in [3.8, 4) is 0 Å². The van der Waals surface area contributed by atoms with Crippen LogP contribution < -0.4 is 5.32 Å². The molecule has 0 spiro atoms. The van der Waals surface area contributed by atoms with Crippen LogP contribution in [0.25, 0.3) is 0 Å². The predicted octanol–water partition coefficient (Wildman–Crippen LogP) is 3.41. The fourth-order valence-electron chi connectivity index (χ4n) is 1.59. The van der Waals surface area contributed by atoms with E-state index in [4.69, 9.17) is 4.74 Å². The molecule has 1 N–H and O–H groups in total. The van der Waals surface area contributed by atoms with Gasteiger partial charge in [0.2, 0.25) is 0 Å². The highest BCUT2D eigenvalue weighted by Gasteiger charge is 2.12. The van der Waals surface area contributed by atoms with Gasteiger partial charge in [0.05, 0.1) is 16.8 Å². The summed E-state index contributed by atoms with van der Waals surface area (Å²) in [6.07, 6.45) is 2.00. The Morgan fingerprint density at radius 1 is 1.33 bits per heavy atom. The molecule has 4 nitrogen and oxygen atoms in total. The van der Waals surface area contributed by atoms with E-state index in [-0.39, 0.29) is 0 Å². The number of aryl methyl sites for hydroxylation is 1. The Hall–Kier alpha value is -0.680. The lowest BCUT2D eigenvalue weighted by atomic mass is 10.1. The molecular formula is C13H22BrN3O. The van der Waals surface area contributed by atoms with Gasteiger partial charge < -0.3 is 10.1 Å². The van der Waals surface area contributed by atoms with Crippen LogP contribution >= 0.6 is 15.9 Å². The minimum atomic E-state index is 0.496. The zero-order valence-corrected chi connectivity index (χ0v) is 13.2. The molecule has 1 aromatic rings. The van der Waals surface area contributed by atoms with Crippen molar-refractivity contribution in [2.24, 2.45) is 5.92 Å². The van der Waals surface area contributed by atoms with Crippen molar-refractivity contribution in [3.05, 3.63) is 16.0 Å². The van der Waals surface area contributed by atoms with Crippen molar-refractivity contribution in [1.29, 1.82) is 0 Å². The molecule has 0 saturated carbocycles. The van der Waals surface area contributed by atoms with Crippen LogP contribution in [0.15, 0.2) is 4.47 Å². The number of aromatic nitrogens is 2. The average molecular weight is 316 g/mol. The van der Waals surface area contributed by atoms with E-state index < -0.39 is 0 Å². The van der Waals surface area contributed by atoms with Gasteiger partial charge in [-0.15, -0.1) is 0 Å². The van der Waals surface area contributed by atoms with Crippen LogP contribution in [-0.2, 0) is 17.8 Å². The number of methoxy groups -OCH3 is 1. The molecule has 0 aliphatic carbocycles. The van der Waals surface area contributed by atoms with Gasteiger partial charge in [-0.2, -0.15) is 0 Å². The zero-order valence-electron chi connectivity index (χ0n) is 11.6. The molecule has 0 amide bonds. The second-order valence-corrected chi connectivity index (χ2v) is 5.44. The molecule has 1 aromatic heterocycles. The third kappa shape index (κ3) is 4.53. The molecule has 5 heteroatoms. The Kier molecular flexibility index (Phi) is 6.57.